The highest BCUT2D eigenvalue weighted by atomic mass is 16.1. The minimum absolute atomic E-state index is 0.0174. The lowest BCUT2D eigenvalue weighted by Crippen LogP contribution is -2.37. The largest absolute Gasteiger partial charge is 0.351 e. The molecule has 1 aromatic rings. The van der Waals surface area contributed by atoms with Gasteiger partial charge in [-0.2, -0.15) is 0 Å². The van der Waals surface area contributed by atoms with Crippen molar-refractivity contribution in [3.63, 3.8) is 0 Å². The van der Waals surface area contributed by atoms with Gasteiger partial charge in [-0.25, -0.2) is 4.98 Å². The number of nitrogens with two attached hydrogens (primary N) is 1. The van der Waals surface area contributed by atoms with Crippen LogP contribution in [0.15, 0.2) is 17.2 Å². The van der Waals surface area contributed by atoms with E-state index in [9.17, 15) is 4.79 Å². The number of aromatic nitrogens is 2. The van der Waals surface area contributed by atoms with Crippen molar-refractivity contribution in [2.45, 2.75) is 33.2 Å². The summed E-state index contributed by atoms with van der Waals surface area (Å²) in [4.78, 5) is 18.3. The predicted octanol–water partition coefficient (Wildman–Crippen LogP) is 0.828. The van der Waals surface area contributed by atoms with Crippen LogP contribution in [-0.2, 0) is 6.54 Å². The first-order valence-electron chi connectivity index (χ1n) is 6.25. The molecule has 0 aliphatic rings. The Morgan fingerprint density at radius 2 is 2.12 bits per heavy atom. The second kappa shape index (κ2) is 7.06. The molecular weight excluding hydrogens is 216 g/mol. The van der Waals surface area contributed by atoms with Crippen LogP contribution in [-0.4, -0.2) is 29.2 Å². The Morgan fingerprint density at radius 3 is 2.71 bits per heavy atom. The Labute approximate surface area is 102 Å². The standard InChI is InChI=1S/C12H22N4O/c1-3-7-15(9-5-13)11-12(17)16(8-4-2)10-6-14-11/h6,10H,3-5,7-9,13H2,1-2H3. The molecule has 5 nitrogen and oxygen atoms in total. The van der Waals surface area contributed by atoms with E-state index in [4.69, 9.17) is 5.73 Å². The van der Waals surface area contributed by atoms with Gasteiger partial charge in [0.15, 0.2) is 5.82 Å². The summed E-state index contributed by atoms with van der Waals surface area (Å²) in [6.07, 6.45) is 5.34. The van der Waals surface area contributed by atoms with Crippen LogP contribution in [0.1, 0.15) is 26.7 Å². The number of rotatable bonds is 7. The van der Waals surface area contributed by atoms with Crippen molar-refractivity contribution in [1.82, 2.24) is 9.55 Å². The third-order valence-corrected chi connectivity index (χ3v) is 2.55. The molecule has 0 saturated carbocycles. The van der Waals surface area contributed by atoms with Gasteiger partial charge in [-0.05, 0) is 12.8 Å². The van der Waals surface area contributed by atoms with Gasteiger partial charge in [0.25, 0.3) is 5.56 Å². The van der Waals surface area contributed by atoms with E-state index in [1.807, 2.05) is 4.90 Å². The first-order valence-corrected chi connectivity index (χ1v) is 6.25. The second-order valence-electron chi connectivity index (χ2n) is 4.03. The Kier molecular flexibility index (Phi) is 5.69. The quantitative estimate of drug-likeness (QED) is 0.764. The molecule has 96 valence electrons. The molecule has 17 heavy (non-hydrogen) atoms. The zero-order valence-electron chi connectivity index (χ0n) is 10.7. The van der Waals surface area contributed by atoms with Crippen molar-refractivity contribution in [1.29, 1.82) is 0 Å². The summed E-state index contributed by atoms with van der Waals surface area (Å²) in [5, 5.41) is 0. The Hall–Kier alpha value is -1.36. The molecule has 0 saturated heterocycles. The van der Waals surface area contributed by atoms with E-state index < -0.39 is 0 Å². The predicted molar refractivity (Wildman–Crippen MR) is 70.3 cm³/mol. The highest BCUT2D eigenvalue weighted by Gasteiger charge is 2.11. The average Bonchev–Trinajstić information content (AvgIpc) is 2.32. The van der Waals surface area contributed by atoms with Crippen LogP contribution in [0.4, 0.5) is 5.82 Å². The van der Waals surface area contributed by atoms with Crippen LogP contribution in [0.5, 0.6) is 0 Å². The lowest BCUT2D eigenvalue weighted by atomic mass is 10.4. The molecule has 0 atom stereocenters. The van der Waals surface area contributed by atoms with Gasteiger partial charge in [0.2, 0.25) is 0 Å². The van der Waals surface area contributed by atoms with E-state index in [0.717, 1.165) is 25.9 Å². The van der Waals surface area contributed by atoms with Gasteiger partial charge in [-0.1, -0.05) is 13.8 Å². The van der Waals surface area contributed by atoms with Gasteiger partial charge >= 0.3 is 0 Å². The summed E-state index contributed by atoms with van der Waals surface area (Å²) in [7, 11) is 0. The molecule has 1 aromatic heterocycles. The summed E-state index contributed by atoms with van der Waals surface area (Å²) in [6.45, 7) is 6.88. The van der Waals surface area contributed by atoms with Gasteiger partial charge in [0, 0.05) is 38.6 Å². The first-order chi connectivity index (χ1) is 8.24. The summed E-state index contributed by atoms with van der Waals surface area (Å²) in [5.74, 6) is 0.522. The van der Waals surface area contributed by atoms with E-state index in [2.05, 4.69) is 18.8 Å². The third-order valence-electron chi connectivity index (χ3n) is 2.55. The zero-order valence-corrected chi connectivity index (χ0v) is 10.7. The molecular formula is C12H22N4O. The maximum absolute atomic E-state index is 12.2. The van der Waals surface area contributed by atoms with Gasteiger partial charge in [-0.3, -0.25) is 4.79 Å². The molecule has 5 heteroatoms. The highest BCUT2D eigenvalue weighted by Crippen LogP contribution is 2.04. The second-order valence-corrected chi connectivity index (χ2v) is 4.03. The van der Waals surface area contributed by atoms with Crippen molar-refractivity contribution in [2.24, 2.45) is 5.73 Å². The molecule has 0 aliphatic heterocycles. The maximum Gasteiger partial charge on any atom is 0.293 e. The summed E-state index contributed by atoms with van der Waals surface area (Å²) < 4.78 is 1.71. The summed E-state index contributed by atoms with van der Waals surface area (Å²) >= 11 is 0. The maximum atomic E-state index is 12.2. The number of anilines is 1. The van der Waals surface area contributed by atoms with Crippen LogP contribution in [0.2, 0.25) is 0 Å². The molecule has 0 unspecified atom stereocenters. The fraction of sp³-hybridized carbons (Fsp3) is 0.667. The molecule has 0 fully saturated rings. The van der Waals surface area contributed by atoms with Gasteiger partial charge in [0.05, 0.1) is 0 Å². The SMILES string of the molecule is CCCN(CCN)c1nccn(CCC)c1=O. The van der Waals surface area contributed by atoms with Crippen molar-refractivity contribution in [3.05, 3.63) is 22.7 Å². The van der Waals surface area contributed by atoms with Crippen LogP contribution in [0, 0.1) is 0 Å². The number of aryl methyl sites for hydroxylation is 1. The molecule has 0 bridgehead atoms. The van der Waals surface area contributed by atoms with Crippen molar-refractivity contribution in [3.8, 4) is 0 Å². The highest BCUT2D eigenvalue weighted by molar-refractivity contribution is 5.35. The summed E-state index contributed by atoms with van der Waals surface area (Å²) in [6, 6.07) is 0. The Morgan fingerprint density at radius 1 is 1.35 bits per heavy atom. The Bertz CT molecular complexity index is 382. The zero-order chi connectivity index (χ0) is 12.7. The molecule has 2 N–H and O–H groups in total. The molecule has 1 rings (SSSR count). The van der Waals surface area contributed by atoms with Crippen LogP contribution >= 0.6 is 0 Å². The molecule has 0 amide bonds. The normalized spacial score (nSPS) is 10.5. The fourth-order valence-corrected chi connectivity index (χ4v) is 1.82. The molecule has 0 spiro atoms. The van der Waals surface area contributed by atoms with E-state index in [1.54, 1.807) is 17.0 Å². The smallest absolute Gasteiger partial charge is 0.293 e. The lowest BCUT2D eigenvalue weighted by Gasteiger charge is -2.22. The number of nitrogens with zero attached hydrogens (tertiary/aromatic N) is 3. The van der Waals surface area contributed by atoms with Crippen molar-refractivity contribution in [2.75, 3.05) is 24.5 Å². The van der Waals surface area contributed by atoms with E-state index >= 15 is 0 Å². The lowest BCUT2D eigenvalue weighted by molar-refractivity contribution is 0.638. The van der Waals surface area contributed by atoms with E-state index in [0.29, 0.717) is 18.9 Å². The molecule has 0 aliphatic carbocycles. The van der Waals surface area contributed by atoms with Gasteiger partial charge in [0.1, 0.15) is 0 Å². The van der Waals surface area contributed by atoms with E-state index in [1.165, 1.54) is 0 Å². The van der Waals surface area contributed by atoms with Crippen LogP contribution < -0.4 is 16.2 Å². The minimum Gasteiger partial charge on any atom is -0.351 e. The monoisotopic (exact) mass is 238 g/mol. The van der Waals surface area contributed by atoms with E-state index in [-0.39, 0.29) is 5.56 Å². The van der Waals surface area contributed by atoms with Crippen molar-refractivity contribution >= 4 is 5.82 Å². The van der Waals surface area contributed by atoms with Gasteiger partial charge < -0.3 is 15.2 Å². The van der Waals surface area contributed by atoms with Gasteiger partial charge in [-0.15, -0.1) is 0 Å². The number of hydrogen-bond donors (Lipinski definition) is 1. The number of hydrogen-bond acceptors (Lipinski definition) is 4. The fourth-order valence-electron chi connectivity index (χ4n) is 1.82. The first kappa shape index (κ1) is 13.7. The molecule has 0 aromatic carbocycles. The molecule has 1 heterocycles. The van der Waals surface area contributed by atoms with Crippen LogP contribution in [0.3, 0.4) is 0 Å². The minimum atomic E-state index is -0.0174. The average molecular weight is 238 g/mol. The molecule has 0 radical (unpaired) electrons. The Balaban J connectivity index is 3.01. The topological polar surface area (TPSA) is 64.2 Å². The van der Waals surface area contributed by atoms with Crippen molar-refractivity contribution < 1.29 is 0 Å². The third kappa shape index (κ3) is 3.56. The van der Waals surface area contributed by atoms with Crippen LogP contribution in [0.25, 0.3) is 0 Å². The summed E-state index contributed by atoms with van der Waals surface area (Å²) in [5.41, 5.74) is 5.55.